The number of aromatic nitrogens is 1. The molecule has 1 amide bonds. The molecule has 1 aliphatic rings. The molecule has 1 N–H and O–H groups in total. The molecule has 21 heavy (non-hydrogen) atoms. The fraction of sp³-hybridized carbons (Fsp3) is 0.0833. The van der Waals surface area contributed by atoms with Crippen molar-refractivity contribution in [3.8, 4) is 0 Å². The largest absolute Gasteiger partial charge is 0.476 e. The molecule has 0 radical (unpaired) electrons. The predicted molar refractivity (Wildman–Crippen MR) is 67.0 cm³/mol. The quantitative estimate of drug-likeness (QED) is 0.887. The number of fused-ring (bicyclic) bond motifs is 1. The molecule has 0 bridgehead atoms. The van der Waals surface area contributed by atoms with E-state index in [0.717, 1.165) is 6.07 Å². The Morgan fingerprint density at radius 2 is 2.05 bits per heavy atom. The lowest BCUT2D eigenvalue weighted by Gasteiger charge is -2.12. The maximum atomic E-state index is 12.3. The maximum Gasteiger partial charge on any atom is 0.358 e. The van der Waals surface area contributed by atoms with Gasteiger partial charge in [0.25, 0.3) is 15.9 Å². The molecule has 0 saturated carbocycles. The number of amides is 1. The lowest BCUT2D eigenvalue weighted by molar-refractivity contribution is 0.0684. The molecule has 0 fully saturated rings. The number of sulfonamides is 1. The first-order valence-electron chi connectivity index (χ1n) is 5.76. The van der Waals surface area contributed by atoms with E-state index in [9.17, 15) is 18.0 Å². The van der Waals surface area contributed by atoms with Gasteiger partial charge in [0.05, 0.1) is 12.1 Å². The summed E-state index contributed by atoms with van der Waals surface area (Å²) in [4.78, 5) is 22.8. The van der Waals surface area contributed by atoms with Crippen molar-refractivity contribution in [1.82, 2.24) is 9.46 Å². The van der Waals surface area contributed by atoms with Crippen molar-refractivity contribution in [2.75, 3.05) is 0 Å². The van der Waals surface area contributed by atoms with Gasteiger partial charge in [-0.15, -0.1) is 0 Å². The number of carboxylic acid groups (broad SMARTS) is 1. The van der Waals surface area contributed by atoms with Crippen molar-refractivity contribution in [1.29, 1.82) is 0 Å². The van der Waals surface area contributed by atoms with Gasteiger partial charge in [-0.1, -0.05) is 17.3 Å². The van der Waals surface area contributed by atoms with E-state index in [4.69, 9.17) is 9.63 Å². The van der Waals surface area contributed by atoms with E-state index in [1.807, 2.05) is 0 Å². The summed E-state index contributed by atoms with van der Waals surface area (Å²) in [6.45, 7) is -0.407. The lowest BCUT2D eigenvalue weighted by atomic mass is 10.2. The van der Waals surface area contributed by atoms with Crippen molar-refractivity contribution in [2.45, 2.75) is 11.4 Å². The fourth-order valence-electron chi connectivity index (χ4n) is 2.02. The second-order valence-electron chi connectivity index (χ2n) is 4.30. The molecule has 108 valence electrons. The summed E-state index contributed by atoms with van der Waals surface area (Å²) in [7, 11) is -3.96. The number of carbonyl (C=O) groups excluding carboxylic acids is 1. The normalized spacial score (nSPS) is 16.0. The van der Waals surface area contributed by atoms with Crippen molar-refractivity contribution in [3.05, 3.63) is 47.3 Å². The Morgan fingerprint density at radius 1 is 1.33 bits per heavy atom. The van der Waals surface area contributed by atoms with Gasteiger partial charge in [0.15, 0.2) is 11.5 Å². The van der Waals surface area contributed by atoms with E-state index in [1.165, 1.54) is 18.2 Å². The third kappa shape index (κ3) is 1.98. The average Bonchev–Trinajstić information content (AvgIpc) is 2.98. The van der Waals surface area contributed by atoms with Crippen LogP contribution in [0.3, 0.4) is 0 Å². The molecular formula is C12H8N2O6S. The molecule has 1 aliphatic heterocycles. The first kappa shape index (κ1) is 13.3. The highest BCUT2D eigenvalue weighted by Crippen LogP contribution is 2.31. The van der Waals surface area contributed by atoms with Gasteiger partial charge in [-0.05, 0) is 12.1 Å². The van der Waals surface area contributed by atoms with Gasteiger partial charge in [-0.25, -0.2) is 17.5 Å². The second-order valence-corrected chi connectivity index (χ2v) is 6.13. The molecule has 2 heterocycles. The van der Waals surface area contributed by atoms with Crippen LogP contribution in [-0.2, 0) is 16.6 Å². The van der Waals surface area contributed by atoms with Gasteiger partial charge in [0, 0.05) is 6.07 Å². The van der Waals surface area contributed by atoms with E-state index in [1.54, 1.807) is 6.07 Å². The summed E-state index contributed by atoms with van der Waals surface area (Å²) in [5.74, 6) is -2.01. The van der Waals surface area contributed by atoms with Crippen LogP contribution in [0.5, 0.6) is 0 Å². The smallest absolute Gasteiger partial charge is 0.358 e. The van der Waals surface area contributed by atoms with E-state index in [-0.39, 0.29) is 21.9 Å². The van der Waals surface area contributed by atoms with Crippen molar-refractivity contribution >= 4 is 21.9 Å². The molecule has 0 spiro atoms. The van der Waals surface area contributed by atoms with E-state index in [2.05, 4.69) is 5.16 Å². The van der Waals surface area contributed by atoms with Gasteiger partial charge in [0.1, 0.15) is 4.90 Å². The van der Waals surface area contributed by atoms with Crippen LogP contribution in [0.15, 0.2) is 39.8 Å². The highest BCUT2D eigenvalue weighted by molar-refractivity contribution is 7.90. The zero-order valence-corrected chi connectivity index (χ0v) is 11.2. The predicted octanol–water partition coefficient (Wildman–Crippen LogP) is 0.718. The number of carboxylic acids is 1. The Bertz CT molecular complexity index is 854. The third-order valence-electron chi connectivity index (χ3n) is 2.99. The third-order valence-corrected chi connectivity index (χ3v) is 4.78. The zero-order valence-electron chi connectivity index (χ0n) is 10.4. The Morgan fingerprint density at radius 3 is 2.67 bits per heavy atom. The summed E-state index contributed by atoms with van der Waals surface area (Å²) in [6.07, 6.45) is 0. The van der Waals surface area contributed by atoms with Crippen LogP contribution in [0.1, 0.15) is 26.6 Å². The second kappa shape index (κ2) is 4.42. The van der Waals surface area contributed by atoms with Crippen LogP contribution in [0.4, 0.5) is 0 Å². The Kier molecular flexibility index (Phi) is 2.80. The molecule has 0 aliphatic carbocycles. The van der Waals surface area contributed by atoms with E-state index < -0.39 is 28.4 Å². The highest BCUT2D eigenvalue weighted by Gasteiger charge is 2.41. The van der Waals surface area contributed by atoms with Crippen molar-refractivity contribution in [2.24, 2.45) is 0 Å². The first-order valence-corrected chi connectivity index (χ1v) is 7.20. The molecule has 3 rings (SSSR count). The van der Waals surface area contributed by atoms with Crippen molar-refractivity contribution in [3.63, 3.8) is 0 Å². The van der Waals surface area contributed by atoms with Crippen LogP contribution in [0.2, 0.25) is 0 Å². The zero-order chi connectivity index (χ0) is 15.2. The summed E-state index contributed by atoms with van der Waals surface area (Å²) >= 11 is 0. The number of aromatic carboxylic acids is 1. The number of benzene rings is 1. The standard InChI is InChI=1S/C12H8N2O6S/c15-11-8-3-1-2-4-10(8)21(18,19)14(11)6-7-5-9(12(16)17)13-20-7/h1-5H,6H2,(H,16,17). The lowest BCUT2D eigenvalue weighted by Crippen LogP contribution is -2.29. The van der Waals surface area contributed by atoms with Gasteiger partial charge < -0.3 is 9.63 Å². The number of hydrogen-bond acceptors (Lipinski definition) is 6. The first-order chi connectivity index (χ1) is 9.91. The number of rotatable bonds is 3. The van der Waals surface area contributed by atoms with Crippen molar-refractivity contribution < 1.29 is 27.6 Å². The molecule has 8 nitrogen and oxygen atoms in total. The summed E-state index contributed by atoms with van der Waals surface area (Å²) in [5.41, 5.74) is -0.276. The minimum Gasteiger partial charge on any atom is -0.476 e. The minimum absolute atomic E-state index is 0.0304. The molecule has 0 atom stereocenters. The van der Waals surface area contributed by atoms with Gasteiger partial charge in [0.2, 0.25) is 0 Å². The topological polar surface area (TPSA) is 118 Å². The Hall–Kier alpha value is -2.68. The van der Waals surface area contributed by atoms with E-state index >= 15 is 0 Å². The molecular weight excluding hydrogens is 300 g/mol. The number of hydrogen-bond donors (Lipinski definition) is 1. The van der Waals surface area contributed by atoms with Crippen LogP contribution in [0.25, 0.3) is 0 Å². The fourth-order valence-corrected chi connectivity index (χ4v) is 3.55. The molecule has 9 heteroatoms. The summed E-state index contributed by atoms with van der Waals surface area (Å²) in [6, 6.07) is 6.91. The maximum absolute atomic E-state index is 12.3. The molecule has 0 unspecified atom stereocenters. The average molecular weight is 308 g/mol. The molecule has 0 saturated heterocycles. The molecule has 1 aromatic heterocycles. The van der Waals surface area contributed by atoms with Gasteiger partial charge in [-0.2, -0.15) is 0 Å². The monoisotopic (exact) mass is 308 g/mol. The van der Waals surface area contributed by atoms with Crippen LogP contribution in [-0.4, -0.2) is 34.9 Å². The molecule has 1 aromatic carbocycles. The van der Waals surface area contributed by atoms with Gasteiger partial charge >= 0.3 is 5.97 Å². The summed E-state index contributed by atoms with van der Waals surface area (Å²) in [5, 5.41) is 12.0. The Balaban J connectivity index is 1.97. The van der Waals surface area contributed by atoms with Crippen LogP contribution >= 0.6 is 0 Å². The SMILES string of the molecule is O=C(O)c1cc(CN2C(=O)c3ccccc3S2(=O)=O)on1. The minimum atomic E-state index is -3.96. The van der Waals surface area contributed by atoms with Crippen LogP contribution < -0.4 is 0 Å². The summed E-state index contributed by atoms with van der Waals surface area (Å²) < 4.78 is 29.9. The highest BCUT2D eigenvalue weighted by atomic mass is 32.2. The van der Waals surface area contributed by atoms with Gasteiger partial charge in [-0.3, -0.25) is 4.79 Å². The molecule has 2 aromatic rings. The number of nitrogens with zero attached hydrogens (tertiary/aromatic N) is 2. The number of carbonyl (C=O) groups is 2. The van der Waals surface area contributed by atoms with E-state index in [0.29, 0.717) is 4.31 Å². The van der Waals surface area contributed by atoms with Crippen LogP contribution in [0, 0.1) is 0 Å². The Labute approximate surface area is 118 Å².